The van der Waals surface area contributed by atoms with Crippen molar-refractivity contribution in [3.63, 3.8) is 0 Å². The molecule has 3 aromatic rings. The summed E-state index contributed by atoms with van der Waals surface area (Å²) in [6.07, 6.45) is 1.69. The third-order valence-corrected chi connectivity index (χ3v) is 4.28. The van der Waals surface area contributed by atoms with Crippen molar-refractivity contribution in [2.24, 2.45) is 0 Å². The third-order valence-electron chi connectivity index (χ3n) is 4.28. The summed E-state index contributed by atoms with van der Waals surface area (Å²) in [5, 5.41) is 6.28. The fourth-order valence-electron chi connectivity index (χ4n) is 2.85. The summed E-state index contributed by atoms with van der Waals surface area (Å²) in [5.74, 6) is -0.176. The van der Waals surface area contributed by atoms with Crippen LogP contribution in [0.25, 0.3) is 0 Å². The summed E-state index contributed by atoms with van der Waals surface area (Å²) in [7, 11) is 0. The number of hydrogen-bond acceptors (Lipinski definition) is 3. The van der Waals surface area contributed by atoms with Gasteiger partial charge in [0.15, 0.2) is 0 Å². The Morgan fingerprint density at radius 3 is 2.35 bits per heavy atom. The maximum Gasteiger partial charge on any atom is 0.270 e. The van der Waals surface area contributed by atoms with E-state index in [0.717, 1.165) is 16.9 Å². The number of carbonyl (C=O) groups excluding carboxylic acids is 1. The number of anilines is 2. The molecule has 26 heavy (non-hydrogen) atoms. The molecule has 0 radical (unpaired) electrons. The van der Waals surface area contributed by atoms with E-state index in [2.05, 4.69) is 47.7 Å². The van der Waals surface area contributed by atoms with Gasteiger partial charge in [0.2, 0.25) is 0 Å². The molecular formula is C22H23N3O. The molecule has 0 saturated heterocycles. The van der Waals surface area contributed by atoms with E-state index in [4.69, 9.17) is 0 Å². The van der Waals surface area contributed by atoms with Crippen molar-refractivity contribution in [2.45, 2.75) is 27.3 Å². The number of hydrogen-bond donors (Lipinski definition) is 2. The number of aromatic nitrogens is 1. The van der Waals surface area contributed by atoms with E-state index >= 15 is 0 Å². The predicted octanol–water partition coefficient (Wildman–Crippen LogP) is 4.68. The minimum atomic E-state index is -0.176. The molecule has 0 aliphatic carbocycles. The van der Waals surface area contributed by atoms with Crippen molar-refractivity contribution in [1.29, 1.82) is 0 Å². The van der Waals surface area contributed by atoms with Crippen LogP contribution in [0.4, 0.5) is 11.4 Å². The van der Waals surface area contributed by atoms with E-state index in [1.54, 1.807) is 12.3 Å². The molecule has 0 fully saturated rings. The van der Waals surface area contributed by atoms with Crippen LogP contribution in [0.3, 0.4) is 0 Å². The van der Waals surface area contributed by atoms with Gasteiger partial charge in [0, 0.05) is 12.2 Å². The molecular weight excluding hydrogens is 322 g/mol. The van der Waals surface area contributed by atoms with Gasteiger partial charge in [-0.25, -0.2) is 4.98 Å². The SMILES string of the molecule is Cc1cccc(CNC(=O)c2ccc(Nc3c(C)cccc3C)cn2)c1. The largest absolute Gasteiger partial charge is 0.354 e. The molecule has 0 aliphatic rings. The van der Waals surface area contributed by atoms with Crippen LogP contribution in [0.1, 0.15) is 32.7 Å². The number of para-hydroxylation sites is 1. The van der Waals surface area contributed by atoms with Gasteiger partial charge in [-0.3, -0.25) is 4.79 Å². The highest BCUT2D eigenvalue weighted by molar-refractivity contribution is 5.92. The summed E-state index contributed by atoms with van der Waals surface area (Å²) in [4.78, 5) is 16.6. The fourth-order valence-corrected chi connectivity index (χ4v) is 2.85. The average molecular weight is 345 g/mol. The highest BCUT2D eigenvalue weighted by Gasteiger charge is 2.08. The zero-order chi connectivity index (χ0) is 18.5. The van der Waals surface area contributed by atoms with Crippen molar-refractivity contribution in [1.82, 2.24) is 10.3 Å². The first-order chi connectivity index (χ1) is 12.5. The molecule has 1 amide bonds. The van der Waals surface area contributed by atoms with E-state index in [9.17, 15) is 4.79 Å². The standard InChI is InChI=1S/C22H23N3O/c1-15-6-4-9-18(12-15)13-24-22(26)20-11-10-19(14-23-20)25-21-16(2)7-5-8-17(21)3/h4-12,14,25H,13H2,1-3H3,(H,24,26). The van der Waals surface area contributed by atoms with Crippen molar-refractivity contribution in [3.05, 3.63) is 88.7 Å². The van der Waals surface area contributed by atoms with Gasteiger partial charge in [-0.15, -0.1) is 0 Å². The Balaban J connectivity index is 1.64. The number of pyridine rings is 1. The Labute approximate surface area is 154 Å². The van der Waals surface area contributed by atoms with Crippen LogP contribution in [0.5, 0.6) is 0 Å². The van der Waals surface area contributed by atoms with E-state index < -0.39 is 0 Å². The number of benzene rings is 2. The second-order valence-corrected chi connectivity index (χ2v) is 6.50. The first kappa shape index (κ1) is 17.7. The first-order valence-electron chi connectivity index (χ1n) is 8.66. The van der Waals surface area contributed by atoms with Crippen LogP contribution in [-0.4, -0.2) is 10.9 Å². The minimum Gasteiger partial charge on any atom is -0.354 e. The zero-order valence-electron chi connectivity index (χ0n) is 15.3. The third kappa shape index (κ3) is 4.28. The van der Waals surface area contributed by atoms with Crippen molar-refractivity contribution in [2.75, 3.05) is 5.32 Å². The number of nitrogens with one attached hydrogen (secondary N) is 2. The Morgan fingerprint density at radius 1 is 0.962 bits per heavy atom. The first-order valence-corrected chi connectivity index (χ1v) is 8.66. The molecule has 0 bridgehead atoms. The second-order valence-electron chi connectivity index (χ2n) is 6.50. The molecule has 1 aromatic heterocycles. The topological polar surface area (TPSA) is 54.0 Å². The van der Waals surface area contributed by atoms with Gasteiger partial charge in [-0.1, -0.05) is 48.0 Å². The van der Waals surface area contributed by atoms with Crippen LogP contribution in [0.15, 0.2) is 60.8 Å². The van der Waals surface area contributed by atoms with Gasteiger partial charge >= 0.3 is 0 Å². The number of aryl methyl sites for hydroxylation is 3. The lowest BCUT2D eigenvalue weighted by molar-refractivity contribution is 0.0946. The normalized spacial score (nSPS) is 10.4. The molecule has 0 spiro atoms. The molecule has 0 saturated carbocycles. The van der Waals surface area contributed by atoms with Gasteiger partial charge < -0.3 is 10.6 Å². The quantitative estimate of drug-likeness (QED) is 0.706. The van der Waals surface area contributed by atoms with E-state index in [1.165, 1.54) is 16.7 Å². The van der Waals surface area contributed by atoms with E-state index in [1.807, 2.05) is 37.3 Å². The van der Waals surface area contributed by atoms with Gasteiger partial charge in [0.1, 0.15) is 5.69 Å². The highest BCUT2D eigenvalue weighted by Crippen LogP contribution is 2.23. The van der Waals surface area contributed by atoms with Crippen LogP contribution >= 0.6 is 0 Å². The number of amides is 1. The minimum absolute atomic E-state index is 0.176. The lowest BCUT2D eigenvalue weighted by atomic mass is 10.1. The molecule has 0 unspecified atom stereocenters. The molecule has 2 N–H and O–H groups in total. The fraction of sp³-hybridized carbons (Fsp3) is 0.182. The maximum absolute atomic E-state index is 12.3. The lowest BCUT2D eigenvalue weighted by Gasteiger charge is -2.12. The molecule has 132 valence electrons. The van der Waals surface area contributed by atoms with Crippen molar-refractivity contribution >= 4 is 17.3 Å². The molecule has 1 heterocycles. The smallest absolute Gasteiger partial charge is 0.270 e. The van der Waals surface area contributed by atoms with E-state index in [0.29, 0.717) is 12.2 Å². The van der Waals surface area contributed by atoms with Crippen LogP contribution in [0.2, 0.25) is 0 Å². The van der Waals surface area contributed by atoms with Crippen molar-refractivity contribution < 1.29 is 4.79 Å². The van der Waals surface area contributed by atoms with Gasteiger partial charge in [0.25, 0.3) is 5.91 Å². The summed E-state index contributed by atoms with van der Waals surface area (Å²) >= 11 is 0. The van der Waals surface area contributed by atoms with Gasteiger partial charge in [-0.2, -0.15) is 0 Å². The Kier molecular flexibility index (Phi) is 5.32. The average Bonchev–Trinajstić information content (AvgIpc) is 2.63. The molecule has 0 aliphatic heterocycles. The molecule has 3 rings (SSSR count). The second kappa shape index (κ2) is 7.83. The Morgan fingerprint density at radius 2 is 1.69 bits per heavy atom. The van der Waals surface area contributed by atoms with Crippen LogP contribution in [-0.2, 0) is 6.54 Å². The molecule has 4 heteroatoms. The Bertz CT molecular complexity index is 897. The lowest BCUT2D eigenvalue weighted by Crippen LogP contribution is -2.23. The number of rotatable bonds is 5. The summed E-state index contributed by atoms with van der Waals surface area (Å²) in [6.45, 7) is 6.66. The Hall–Kier alpha value is -3.14. The van der Waals surface area contributed by atoms with Gasteiger partial charge in [-0.05, 0) is 49.6 Å². The number of carbonyl (C=O) groups is 1. The highest BCUT2D eigenvalue weighted by atomic mass is 16.1. The monoisotopic (exact) mass is 345 g/mol. The number of nitrogens with zero attached hydrogens (tertiary/aromatic N) is 1. The zero-order valence-corrected chi connectivity index (χ0v) is 15.3. The van der Waals surface area contributed by atoms with Crippen molar-refractivity contribution in [3.8, 4) is 0 Å². The summed E-state index contributed by atoms with van der Waals surface area (Å²) in [6, 6.07) is 17.9. The maximum atomic E-state index is 12.3. The van der Waals surface area contributed by atoms with Crippen LogP contribution in [0, 0.1) is 20.8 Å². The summed E-state index contributed by atoms with van der Waals surface area (Å²) in [5.41, 5.74) is 6.94. The molecule has 2 aromatic carbocycles. The predicted molar refractivity (Wildman–Crippen MR) is 106 cm³/mol. The molecule has 0 atom stereocenters. The summed E-state index contributed by atoms with van der Waals surface area (Å²) < 4.78 is 0. The molecule has 4 nitrogen and oxygen atoms in total. The van der Waals surface area contributed by atoms with Crippen LogP contribution < -0.4 is 10.6 Å². The van der Waals surface area contributed by atoms with Gasteiger partial charge in [0.05, 0.1) is 11.9 Å². The van der Waals surface area contributed by atoms with E-state index in [-0.39, 0.29) is 5.91 Å².